The van der Waals surface area contributed by atoms with E-state index in [0.717, 1.165) is 6.07 Å². The van der Waals surface area contributed by atoms with Crippen molar-refractivity contribution in [1.29, 1.82) is 0 Å². The van der Waals surface area contributed by atoms with Crippen molar-refractivity contribution in [3.8, 4) is 5.75 Å². The number of phenols is 1. The van der Waals surface area contributed by atoms with Gasteiger partial charge in [0, 0.05) is 5.56 Å². The zero-order chi connectivity index (χ0) is 15.6. The van der Waals surface area contributed by atoms with Crippen molar-refractivity contribution >= 4 is 40.8 Å². The second-order valence-electron chi connectivity index (χ2n) is 4.12. The maximum atomic E-state index is 12.0. The number of carbonyl (C=O) groups is 2. The van der Waals surface area contributed by atoms with Gasteiger partial charge in [-0.05, 0) is 36.4 Å². The van der Waals surface area contributed by atoms with Gasteiger partial charge in [0.1, 0.15) is 5.75 Å². The molecule has 1 amide bonds. The Labute approximate surface area is 129 Å². The zero-order valence-electron chi connectivity index (χ0n) is 10.4. The summed E-state index contributed by atoms with van der Waals surface area (Å²) in [6, 6.07) is 7.87. The van der Waals surface area contributed by atoms with Gasteiger partial charge in [0.05, 0.1) is 21.3 Å². The lowest BCUT2D eigenvalue weighted by Crippen LogP contribution is -2.12. The van der Waals surface area contributed by atoms with Crippen molar-refractivity contribution in [3.05, 3.63) is 57.6 Å². The van der Waals surface area contributed by atoms with Crippen LogP contribution in [0.15, 0.2) is 36.4 Å². The minimum absolute atomic E-state index is 0.00836. The average Bonchev–Trinajstić information content (AvgIpc) is 2.43. The molecule has 108 valence electrons. The molecule has 0 atom stereocenters. The van der Waals surface area contributed by atoms with Gasteiger partial charge in [-0.1, -0.05) is 23.2 Å². The third-order valence-corrected chi connectivity index (χ3v) is 3.41. The first-order chi connectivity index (χ1) is 9.88. The van der Waals surface area contributed by atoms with Crippen molar-refractivity contribution in [2.75, 3.05) is 5.32 Å². The number of aromatic hydroxyl groups is 1. The zero-order valence-corrected chi connectivity index (χ0v) is 11.9. The Morgan fingerprint density at radius 3 is 2.24 bits per heavy atom. The van der Waals surface area contributed by atoms with E-state index < -0.39 is 11.9 Å². The van der Waals surface area contributed by atoms with Crippen LogP contribution in [-0.4, -0.2) is 22.1 Å². The van der Waals surface area contributed by atoms with Crippen molar-refractivity contribution in [1.82, 2.24) is 0 Å². The molecule has 0 heterocycles. The number of hydrogen-bond donors (Lipinski definition) is 3. The monoisotopic (exact) mass is 325 g/mol. The topological polar surface area (TPSA) is 86.6 Å². The Kier molecular flexibility index (Phi) is 4.35. The summed E-state index contributed by atoms with van der Waals surface area (Å²) in [5.74, 6) is -1.96. The standard InChI is InChI=1S/C14H9Cl2NO4/c15-9-3-1-7(5-10(9)16)13(19)17-11-6-8(14(20)21)2-4-12(11)18/h1-6,18H,(H,17,19)(H,20,21). The number of rotatable bonds is 3. The summed E-state index contributed by atoms with van der Waals surface area (Å²) in [6.07, 6.45) is 0. The van der Waals surface area contributed by atoms with Crippen LogP contribution in [-0.2, 0) is 0 Å². The van der Waals surface area contributed by atoms with Gasteiger partial charge in [-0.15, -0.1) is 0 Å². The molecule has 0 aliphatic heterocycles. The molecule has 0 spiro atoms. The predicted molar refractivity (Wildman–Crippen MR) is 79.5 cm³/mol. The highest BCUT2D eigenvalue weighted by Crippen LogP contribution is 2.26. The third-order valence-electron chi connectivity index (χ3n) is 2.67. The highest BCUT2D eigenvalue weighted by atomic mass is 35.5. The fraction of sp³-hybridized carbons (Fsp3) is 0. The smallest absolute Gasteiger partial charge is 0.335 e. The predicted octanol–water partition coefficient (Wildman–Crippen LogP) is 3.65. The molecule has 2 aromatic rings. The maximum Gasteiger partial charge on any atom is 0.335 e. The second kappa shape index (κ2) is 6.03. The average molecular weight is 326 g/mol. The summed E-state index contributed by atoms with van der Waals surface area (Å²) in [4.78, 5) is 22.9. The Balaban J connectivity index is 2.28. The van der Waals surface area contributed by atoms with Gasteiger partial charge >= 0.3 is 5.97 Å². The van der Waals surface area contributed by atoms with Gasteiger partial charge in [-0.3, -0.25) is 4.79 Å². The van der Waals surface area contributed by atoms with Crippen LogP contribution >= 0.6 is 23.2 Å². The number of nitrogens with one attached hydrogen (secondary N) is 1. The molecule has 0 aliphatic rings. The van der Waals surface area contributed by atoms with E-state index in [0.29, 0.717) is 5.02 Å². The summed E-state index contributed by atoms with van der Waals surface area (Å²) in [7, 11) is 0. The van der Waals surface area contributed by atoms with Gasteiger partial charge in [0.15, 0.2) is 0 Å². The van der Waals surface area contributed by atoms with E-state index in [9.17, 15) is 14.7 Å². The lowest BCUT2D eigenvalue weighted by molar-refractivity contribution is 0.0696. The lowest BCUT2D eigenvalue weighted by atomic mass is 10.1. The SMILES string of the molecule is O=C(O)c1ccc(O)c(NC(=O)c2ccc(Cl)c(Cl)c2)c1. The molecule has 0 unspecified atom stereocenters. The van der Waals surface area contributed by atoms with Crippen molar-refractivity contribution in [3.63, 3.8) is 0 Å². The number of hydrogen-bond acceptors (Lipinski definition) is 3. The summed E-state index contributed by atoms with van der Waals surface area (Å²) < 4.78 is 0. The summed E-state index contributed by atoms with van der Waals surface area (Å²) >= 11 is 11.6. The molecule has 5 nitrogen and oxygen atoms in total. The minimum atomic E-state index is -1.17. The van der Waals surface area contributed by atoms with Gasteiger partial charge in [-0.2, -0.15) is 0 Å². The fourth-order valence-electron chi connectivity index (χ4n) is 1.60. The van der Waals surface area contributed by atoms with Crippen molar-refractivity contribution < 1.29 is 19.8 Å². The number of halogens is 2. The second-order valence-corrected chi connectivity index (χ2v) is 4.93. The first-order valence-electron chi connectivity index (χ1n) is 5.71. The summed E-state index contributed by atoms with van der Waals surface area (Å²) in [6.45, 7) is 0. The minimum Gasteiger partial charge on any atom is -0.506 e. The third kappa shape index (κ3) is 3.45. The molecule has 7 heteroatoms. The number of aromatic carboxylic acids is 1. The van der Waals surface area contributed by atoms with Gasteiger partial charge < -0.3 is 15.5 Å². The Bertz CT molecular complexity index is 731. The molecule has 0 fully saturated rings. The number of benzene rings is 2. The number of amides is 1. The summed E-state index contributed by atoms with van der Waals surface area (Å²) in [5.41, 5.74) is 0.160. The lowest BCUT2D eigenvalue weighted by Gasteiger charge is -2.09. The Morgan fingerprint density at radius 1 is 0.952 bits per heavy atom. The van der Waals surface area contributed by atoms with E-state index in [4.69, 9.17) is 28.3 Å². The first-order valence-corrected chi connectivity index (χ1v) is 6.47. The number of carboxylic acids is 1. The van der Waals surface area contributed by atoms with Crippen LogP contribution in [0.5, 0.6) is 5.75 Å². The van der Waals surface area contributed by atoms with Crippen LogP contribution in [0.1, 0.15) is 20.7 Å². The maximum absolute atomic E-state index is 12.0. The fourth-order valence-corrected chi connectivity index (χ4v) is 1.90. The largest absolute Gasteiger partial charge is 0.506 e. The van der Waals surface area contributed by atoms with Crippen molar-refractivity contribution in [2.45, 2.75) is 0 Å². The van der Waals surface area contributed by atoms with E-state index >= 15 is 0 Å². The molecule has 3 N–H and O–H groups in total. The molecule has 0 aromatic heterocycles. The number of anilines is 1. The van der Waals surface area contributed by atoms with Gasteiger partial charge in [-0.25, -0.2) is 4.79 Å². The van der Waals surface area contributed by atoms with Crippen LogP contribution in [0.25, 0.3) is 0 Å². The Hall–Kier alpha value is -2.24. The first kappa shape index (κ1) is 15.2. The molecule has 21 heavy (non-hydrogen) atoms. The van der Waals surface area contributed by atoms with Gasteiger partial charge in [0.2, 0.25) is 0 Å². The Morgan fingerprint density at radius 2 is 1.62 bits per heavy atom. The number of phenolic OH excluding ortho intramolecular Hbond substituents is 1. The van der Waals surface area contributed by atoms with Crippen molar-refractivity contribution in [2.24, 2.45) is 0 Å². The number of carboxylic acid groups (broad SMARTS) is 1. The molecule has 0 bridgehead atoms. The van der Waals surface area contributed by atoms with E-state index in [1.807, 2.05) is 0 Å². The van der Waals surface area contributed by atoms with E-state index in [1.165, 1.54) is 30.3 Å². The van der Waals surface area contributed by atoms with Crippen LogP contribution in [0, 0.1) is 0 Å². The van der Waals surface area contributed by atoms with E-state index in [2.05, 4.69) is 5.32 Å². The number of carbonyl (C=O) groups excluding carboxylic acids is 1. The molecule has 2 aromatic carbocycles. The van der Waals surface area contributed by atoms with Crippen LogP contribution < -0.4 is 5.32 Å². The van der Waals surface area contributed by atoms with Crippen LogP contribution in [0.2, 0.25) is 10.0 Å². The molecule has 0 aliphatic carbocycles. The normalized spacial score (nSPS) is 10.2. The quantitative estimate of drug-likeness (QED) is 0.752. The highest BCUT2D eigenvalue weighted by Gasteiger charge is 2.13. The molecular formula is C14H9Cl2NO4. The van der Waals surface area contributed by atoms with E-state index in [1.54, 1.807) is 0 Å². The molecule has 0 saturated heterocycles. The van der Waals surface area contributed by atoms with Gasteiger partial charge in [0.25, 0.3) is 5.91 Å². The molecule has 2 rings (SSSR count). The molecule has 0 radical (unpaired) electrons. The van der Waals surface area contributed by atoms with Crippen LogP contribution in [0.3, 0.4) is 0 Å². The highest BCUT2D eigenvalue weighted by molar-refractivity contribution is 6.42. The molecule has 0 saturated carbocycles. The molecular weight excluding hydrogens is 317 g/mol. The summed E-state index contributed by atoms with van der Waals surface area (Å²) in [5, 5.41) is 21.5. The van der Waals surface area contributed by atoms with E-state index in [-0.39, 0.29) is 27.6 Å². The van der Waals surface area contributed by atoms with Crippen LogP contribution in [0.4, 0.5) is 5.69 Å².